The predicted molar refractivity (Wildman–Crippen MR) is 42.6 cm³/mol. The Hall–Kier alpha value is -1.59. The number of pyridine rings is 1. The third kappa shape index (κ3) is 3.42. The minimum atomic E-state index is -4.39. The van der Waals surface area contributed by atoms with E-state index in [9.17, 15) is 18.0 Å². The van der Waals surface area contributed by atoms with Crippen LogP contribution in [0.2, 0.25) is 0 Å². The van der Waals surface area contributed by atoms with Crippen LogP contribution in [-0.2, 0) is 0 Å². The largest absolute Gasteiger partial charge is 0.405 e. The molecule has 1 amide bonds. The highest BCUT2D eigenvalue weighted by Crippen LogP contribution is 2.12. The lowest BCUT2D eigenvalue weighted by Gasteiger charge is -2.07. The second-order valence-corrected chi connectivity index (χ2v) is 2.54. The first-order valence-corrected chi connectivity index (χ1v) is 3.74. The number of halogens is 3. The van der Waals surface area contributed by atoms with Crippen molar-refractivity contribution >= 4 is 5.91 Å². The van der Waals surface area contributed by atoms with Crippen LogP contribution in [0.3, 0.4) is 0 Å². The van der Waals surface area contributed by atoms with Crippen LogP contribution in [0.1, 0.15) is 10.4 Å². The highest BCUT2D eigenvalue weighted by molar-refractivity contribution is 5.93. The number of hydrogen-bond donors (Lipinski definition) is 1. The minimum absolute atomic E-state index is 0.108. The standard InChI is InChI=1S/C8H7F3N2O/c9-8(10,11)5-13-7(14)6-2-1-3-12-4-6/h1-4H,5H2,(H,13,14). The van der Waals surface area contributed by atoms with Crippen LogP contribution >= 0.6 is 0 Å². The van der Waals surface area contributed by atoms with E-state index in [0.717, 1.165) is 0 Å². The molecule has 0 saturated carbocycles. The van der Waals surface area contributed by atoms with Crippen LogP contribution < -0.4 is 5.32 Å². The highest BCUT2D eigenvalue weighted by Gasteiger charge is 2.27. The zero-order valence-corrected chi connectivity index (χ0v) is 7.01. The topological polar surface area (TPSA) is 42.0 Å². The molecule has 1 aromatic heterocycles. The molecule has 0 aliphatic rings. The van der Waals surface area contributed by atoms with Crippen LogP contribution in [-0.4, -0.2) is 23.6 Å². The summed E-state index contributed by atoms with van der Waals surface area (Å²) >= 11 is 0. The Morgan fingerprint density at radius 2 is 2.21 bits per heavy atom. The van der Waals surface area contributed by atoms with E-state index >= 15 is 0 Å². The molecule has 0 aromatic carbocycles. The van der Waals surface area contributed by atoms with Gasteiger partial charge in [-0.05, 0) is 12.1 Å². The monoisotopic (exact) mass is 204 g/mol. The van der Waals surface area contributed by atoms with E-state index in [1.165, 1.54) is 24.5 Å². The summed E-state index contributed by atoms with van der Waals surface area (Å²) in [4.78, 5) is 14.6. The molecule has 0 aliphatic carbocycles. The Labute approximate surface area is 78.0 Å². The van der Waals surface area contributed by atoms with E-state index in [1.807, 2.05) is 0 Å². The van der Waals surface area contributed by atoms with Gasteiger partial charge in [0.2, 0.25) is 0 Å². The molecular weight excluding hydrogens is 197 g/mol. The lowest BCUT2D eigenvalue weighted by Crippen LogP contribution is -2.33. The maximum atomic E-state index is 11.7. The van der Waals surface area contributed by atoms with Crippen molar-refractivity contribution in [2.45, 2.75) is 6.18 Å². The van der Waals surface area contributed by atoms with E-state index in [1.54, 1.807) is 5.32 Å². The van der Waals surface area contributed by atoms with Crippen molar-refractivity contribution in [3.63, 3.8) is 0 Å². The van der Waals surface area contributed by atoms with Crippen LogP contribution in [0.15, 0.2) is 24.5 Å². The van der Waals surface area contributed by atoms with Gasteiger partial charge in [-0.2, -0.15) is 13.2 Å². The molecule has 76 valence electrons. The lowest BCUT2D eigenvalue weighted by atomic mass is 10.3. The minimum Gasteiger partial charge on any atom is -0.343 e. The van der Waals surface area contributed by atoms with Gasteiger partial charge in [-0.25, -0.2) is 0 Å². The van der Waals surface area contributed by atoms with Crippen LogP contribution in [0, 0.1) is 0 Å². The molecule has 0 unspecified atom stereocenters. The smallest absolute Gasteiger partial charge is 0.343 e. The Balaban J connectivity index is 2.52. The summed E-state index contributed by atoms with van der Waals surface area (Å²) in [6.07, 6.45) is -1.76. The summed E-state index contributed by atoms with van der Waals surface area (Å²) < 4.78 is 35.1. The summed E-state index contributed by atoms with van der Waals surface area (Å²) in [7, 11) is 0. The molecule has 1 heterocycles. The fourth-order valence-electron chi connectivity index (χ4n) is 0.780. The maximum Gasteiger partial charge on any atom is 0.405 e. The normalized spacial score (nSPS) is 11.1. The first kappa shape index (κ1) is 10.5. The molecule has 14 heavy (non-hydrogen) atoms. The van der Waals surface area contributed by atoms with Crippen molar-refractivity contribution in [3.8, 4) is 0 Å². The number of carbonyl (C=O) groups excluding carboxylic acids is 1. The molecule has 0 fully saturated rings. The van der Waals surface area contributed by atoms with E-state index in [0.29, 0.717) is 0 Å². The average molecular weight is 204 g/mol. The first-order valence-electron chi connectivity index (χ1n) is 3.74. The third-order valence-electron chi connectivity index (χ3n) is 1.37. The van der Waals surface area contributed by atoms with Crippen molar-refractivity contribution < 1.29 is 18.0 Å². The van der Waals surface area contributed by atoms with Gasteiger partial charge in [0.25, 0.3) is 5.91 Å². The second-order valence-electron chi connectivity index (χ2n) is 2.54. The molecule has 1 N–H and O–H groups in total. The van der Waals surface area contributed by atoms with Gasteiger partial charge in [-0.1, -0.05) is 0 Å². The number of nitrogens with zero attached hydrogens (tertiary/aromatic N) is 1. The molecule has 0 spiro atoms. The number of alkyl halides is 3. The van der Waals surface area contributed by atoms with Crippen molar-refractivity contribution in [1.82, 2.24) is 10.3 Å². The van der Waals surface area contributed by atoms with Crippen LogP contribution in [0.5, 0.6) is 0 Å². The fraction of sp³-hybridized carbons (Fsp3) is 0.250. The lowest BCUT2D eigenvalue weighted by molar-refractivity contribution is -0.123. The molecule has 1 rings (SSSR count). The highest BCUT2D eigenvalue weighted by atomic mass is 19.4. The number of amides is 1. The summed E-state index contributed by atoms with van der Waals surface area (Å²) in [5.74, 6) is -0.782. The zero-order valence-electron chi connectivity index (χ0n) is 7.01. The summed E-state index contributed by atoms with van der Waals surface area (Å²) in [5, 5.41) is 1.73. The number of aromatic nitrogens is 1. The van der Waals surface area contributed by atoms with Gasteiger partial charge in [-0.15, -0.1) is 0 Å². The van der Waals surface area contributed by atoms with Gasteiger partial charge in [0, 0.05) is 12.4 Å². The van der Waals surface area contributed by atoms with Crippen molar-refractivity contribution in [3.05, 3.63) is 30.1 Å². The molecular formula is C8H7F3N2O. The van der Waals surface area contributed by atoms with Crippen molar-refractivity contribution in [2.24, 2.45) is 0 Å². The zero-order chi connectivity index (χ0) is 10.6. The molecule has 6 heteroatoms. The Kier molecular flexibility index (Phi) is 3.06. The van der Waals surface area contributed by atoms with E-state index in [4.69, 9.17) is 0 Å². The Morgan fingerprint density at radius 1 is 1.50 bits per heavy atom. The van der Waals surface area contributed by atoms with Crippen molar-refractivity contribution in [2.75, 3.05) is 6.54 Å². The van der Waals surface area contributed by atoms with E-state index in [-0.39, 0.29) is 5.56 Å². The van der Waals surface area contributed by atoms with Crippen LogP contribution in [0.25, 0.3) is 0 Å². The summed E-state index contributed by atoms with van der Waals surface area (Å²) in [6.45, 7) is -1.33. The number of carbonyl (C=O) groups is 1. The Bertz CT molecular complexity index is 310. The number of hydrogen-bond acceptors (Lipinski definition) is 2. The molecule has 0 saturated heterocycles. The number of nitrogens with one attached hydrogen (secondary N) is 1. The Morgan fingerprint density at radius 3 is 2.71 bits per heavy atom. The van der Waals surface area contributed by atoms with E-state index < -0.39 is 18.6 Å². The maximum absolute atomic E-state index is 11.7. The SMILES string of the molecule is O=C(NCC(F)(F)F)c1cccnc1. The quantitative estimate of drug-likeness (QED) is 0.790. The third-order valence-corrected chi connectivity index (χ3v) is 1.37. The van der Waals surface area contributed by atoms with Crippen molar-refractivity contribution in [1.29, 1.82) is 0 Å². The molecule has 0 atom stereocenters. The van der Waals surface area contributed by atoms with Crippen LogP contribution in [0.4, 0.5) is 13.2 Å². The predicted octanol–water partition coefficient (Wildman–Crippen LogP) is 1.37. The van der Waals surface area contributed by atoms with Gasteiger partial charge < -0.3 is 5.32 Å². The molecule has 0 bridgehead atoms. The number of rotatable bonds is 2. The molecule has 0 aliphatic heterocycles. The fourth-order valence-corrected chi connectivity index (χ4v) is 0.780. The molecule has 0 radical (unpaired) electrons. The van der Waals surface area contributed by atoms with Gasteiger partial charge in [0.15, 0.2) is 0 Å². The van der Waals surface area contributed by atoms with Gasteiger partial charge >= 0.3 is 6.18 Å². The molecule has 3 nitrogen and oxygen atoms in total. The van der Waals surface area contributed by atoms with Gasteiger partial charge in [0.05, 0.1) is 5.56 Å². The average Bonchev–Trinajstić information content (AvgIpc) is 2.14. The molecule has 1 aromatic rings. The van der Waals surface area contributed by atoms with E-state index in [2.05, 4.69) is 4.98 Å². The first-order chi connectivity index (χ1) is 6.49. The summed E-state index contributed by atoms with van der Waals surface area (Å²) in [5.41, 5.74) is 0.108. The summed E-state index contributed by atoms with van der Waals surface area (Å²) in [6, 6.07) is 2.86. The van der Waals surface area contributed by atoms with Gasteiger partial charge in [0.1, 0.15) is 6.54 Å². The van der Waals surface area contributed by atoms with Gasteiger partial charge in [-0.3, -0.25) is 9.78 Å². The second kappa shape index (κ2) is 4.08.